The Bertz CT molecular complexity index is 643. The number of benzene rings is 2. The predicted molar refractivity (Wildman–Crippen MR) is 101 cm³/mol. The number of halogens is 1. The first-order valence-corrected chi connectivity index (χ1v) is 8.85. The number of hydrogen-bond donors (Lipinski definition) is 1. The summed E-state index contributed by atoms with van der Waals surface area (Å²) < 4.78 is 23.8. The van der Waals surface area contributed by atoms with E-state index in [1.807, 2.05) is 38.1 Å². The van der Waals surface area contributed by atoms with E-state index in [2.05, 4.69) is 4.90 Å². The zero-order chi connectivity index (χ0) is 18.9. The number of nitrogens with zero attached hydrogens (tertiary/aromatic N) is 1. The smallest absolute Gasteiger partial charge is 0.123 e. The van der Waals surface area contributed by atoms with E-state index < -0.39 is 6.10 Å². The van der Waals surface area contributed by atoms with E-state index in [1.54, 1.807) is 19.2 Å². The van der Waals surface area contributed by atoms with Crippen molar-refractivity contribution in [2.24, 2.45) is 0 Å². The number of ether oxygens (including phenoxy) is 2. The van der Waals surface area contributed by atoms with Gasteiger partial charge in [-0.2, -0.15) is 0 Å². The van der Waals surface area contributed by atoms with Crippen LogP contribution in [0.15, 0.2) is 48.5 Å². The number of hydrogen-bond acceptors (Lipinski definition) is 4. The molecule has 2 aromatic rings. The summed E-state index contributed by atoms with van der Waals surface area (Å²) in [4.78, 5) is 2.13. The normalized spacial score (nSPS) is 12.6. The van der Waals surface area contributed by atoms with Crippen molar-refractivity contribution in [2.45, 2.75) is 39.1 Å². The van der Waals surface area contributed by atoms with Crippen molar-refractivity contribution in [2.75, 3.05) is 20.3 Å². The maximum absolute atomic E-state index is 13.1. The van der Waals surface area contributed by atoms with Crippen LogP contribution in [0.4, 0.5) is 4.39 Å². The highest BCUT2D eigenvalue weighted by atomic mass is 19.1. The Labute approximate surface area is 155 Å². The summed E-state index contributed by atoms with van der Waals surface area (Å²) in [6, 6.07) is 14.3. The van der Waals surface area contributed by atoms with Crippen LogP contribution in [0.25, 0.3) is 0 Å². The molecule has 0 saturated carbocycles. The first-order valence-electron chi connectivity index (χ1n) is 8.85. The van der Waals surface area contributed by atoms with Crippen LogP contribution in [0, 0.1) is 5.82 Å². The molecule has 2 rings (SSSR count). The highest BCUT2D eigenvalue weighted by molar-refractivity contribution is 5.27. The third kappa shape index (κ3) is 7.12. The van der Waals surface area contributed by atoms with E-state index >= 15 is 0 Å². The van der Waals surface area contributed by atoms with Crippen molar-refractivity contribution < 1.29 is 19.0 Å². The zero-order valence-corrected chi connectivity index (χ0v) is 15.7. The Morgan fingerprint density at radius 1 is 0.962 bits per heavy atom. The lowest BCUT2D eigenvalue weighted by Crippen LogP contribution is -2.34. The monoisotopic (exact) mass is 361 g/mol. The van der Waals surface area contributed by atoms with Gasteiger partial charge in [-0.1, -0.05) is 24.3 Å². The number of aliphatic hydroxyl groups excluding tert-OH is 1. The van der Waals surface area contributed by atoms with Crippen molar-refractivity contribution in [3.05, 3.63) is 65.5 Å². The maximum atomic E-state index is 13.1. The number of aliphatic hydroxyl groups is 1. The Morgan fingerprint density at radius 2 is 1.50 bits per heavy atom. The molecule has 142 valence electrons. The highest BCUT2D eigenvalue weighted by Crippen LogP contribution is 2.15. The summed E-state index contributed by atoms with van der Waals surface area (Å²) >= 11 is 0. The van der Waals surface area contributed by atoms with Gasteiger partial charge in [0.2, 0.25) is 0 Å². The van der Waals surface area contributed by atoms with E-state index in [0.29, 0.717) is 26.2 Å². The van der Waals surface area contributed by atoms with Crippen LogP contribution in [0.1, 0.15) is 25.0 Å². The fourth-order valence-electron chi connectivity index (χ4n) is 2.68. The third-order valence-electron chi connectivity index (χ3n) is 3.98. The Kier molecular flexibility index (Phi) is 8.04. The second-order valence-electron chi connectivity index (χ2n) is 6.68. The van der Waals surface area contributed by atoms with Crippen LogP contribution < -0.4 is 4.74 Å². The standard InChI is InChI=1S/C21H28FNO3/c1-16(2)26-15-20(24)14-23(12-17-4-8-19(22)9-5-17)13-18-6-10-21(25-3)11-7-18/h4-11,16,20,24H,12-15H2,1-3H3. The molecule has 0 bridgehead atoms. The second-order valence-corrected chi connectivity index (χ2v) is 6.68. The summed E-state index contributed by atoms with van der Waals surface area (Å²) in [6.07, 6.45) is -0.507. The molecule has 0 heterocycles. The molecule has 0 aliphatic carbocycles. The van der Waals surface area contributed by atoms with E-state index in [4.69, 9.17) is 9.47 Å². The van der Waals surface area contributed by atoms with Crippen LogP contribution in [-0.2, 0) is 17.8 Å². The van der Waals surface area contributed by atoms with Crippen molar-refractivity contribution in [1.82, 2.24) is 4.90 Å². The fraction of sp³-hybridized carbons (Fsp3) is 0.429. The average Bonchev–Trinajstić information content (AvgIpc) is 2.62. The summed E-state index contributed by atoms with van der Waals surface area (Å²) in [6.45, 7) is 5.93. The van der Waals surface area contributed by atoms with Gasteiger partial charge in [0.05, 0.1) is 25.9 Å². The minimum absolute atomic E-state index is 0.0804. The van der Waals surface area contributed by atoms with Crippen LogP contribution in [0.2, 0.25) is 0 Å². The number of methoxy groups -OCH3 is 1. The van der Waals surface area contributed by atoms with Crippen molar-refractivity contribution in [1.29, 1.82) is 0 Å². The van der Waals surface area contributed by atoms with Gasteiger partial charge in [0.25, 0.3) is 0 Å². The molecule has 0 radical (unpaired) electrons. The first-order chi connectivity index (χ1) is 12.5. The van der Waals surface area contributed by atoms with Crippen LogP contribution in [0.5, 0.6) is 5.75 Å². The molecule has 0 amide bonds. The molecule has 0 aliphatic rings. The molecule has 0 spiro atoms. The van der Waals surface area contributed by atoms with Crippen molar-refractivity contribution in [3.8, 4) is 5.75 Å². The van der Waals surface area contributed by atoms with Gasteiger partial charge < -0.3 is 14.6 Å². The third-order valence-corrected chi connectivity index (χ3v) is 3.98. The Morgan fingerprint density at radius 3 is 2.00 bits per heavy atom. The fourth-order valence-corrected chi connectivity index (χ4v) is 2.68. The Balaban J connectivity index is 2.04. The van der Waals surface area contributed by atoms with E-state index in [0.717, 1.165) is 16.9 Å². The van der Waals surface area contributed by atoms with Gasteiger partial charge in [-0.3, -0.25) is 4.90 Å². The molecular formula is C21H28FNO3. The maximum Gasteiger partial charge on any atom is 0.123 e. The van der Waals surface area contributed by atoms with Crippen molar-refractivity contribution >= 4 is 0 Å². The van der Waals surface area contributed by atoms with Gasteiger partial charge >= 0.3 is 0 Å². The molecule has 1 unspecified atom stereocenters. The molecule has 1 atom stereocenters. The van der Waals surface area contributed by atoms with Crippen LogP contribution >= 0.6 is 0 Å². The van der Waals surface area contributed by atoms with Crippen LogP contribution in [0.3, 0.4) is 0 Å². The lowest BCUT2D eigenvalue weighted by molar-refractivity contribution is -0.0106. The molecule has 2 aromatic carbocycles. The second kappa shape index (κ2) is 10.3. The predicted octanol–water partition coefficient (Wildman–Crippen LogP) is 3.62. The summed E-state index contributed by atoms with van der Waals surface area (Å²) in [5.74, 6) is 0.560. The molecule has 5 heteroatoms. The van der Waals surface area contributed by atoms with E-state index in [9.17, 15) is 9.50 Å². The minimum Gasteiger partial charge on any atom is -0.497 e. The van der Waals surface area contributed by atoms with Gasteiger partial charge in [-0.15, -0.1) is 0 Å². The largest absolute Gasteiger partial charge is 0.497 e. The highest BCUT2D eigenvalue weighted by Gasteiger charge is 2.14. The summed E-state index contributed by atoms with van der Waals surface area (Å²) in [5.41, 5.74) is 2.11. The number of rotatable bonds is 10. The molecule has 1 N–H and O–H groups in total. The topological polar surface area (TPSA) is 41.9 Å². The van der Waals surface area contributed by atoms with Gasteiger partial charge in [0, 0.05) is 19.6 Å². The van der Waals surface area contributed by atoms with Crippen LogP contribution in [-0.4, -0.2) is 42.5 Å². The molecule has 0 saturated heterocycles. The average molecular weight is 361 g/mol. The molecular weight excluding hydrogens is 333 g/mol. The van der Waals surface area contributed by atoms with E-state index in [-0.39, 0.29) is 11.9 Å². The Hall–Kier alpha value is -1.95. The lowest BCUT2D eigenvalue weighted by Gasteiger charge is -2.26. The molecule has 26 heavy (non-hydrogen) atoms. The lowest BCUT2D eigenvalue weighted by atomic mass is 10.1. The molecule has 4 nitrogen and oxygen atoms in total. The zero-order valence-electron chi connectivity index (χ0n) is 15.7. The van der Waals surface area contributed by atoms with Gasteiger partial charge in [0.1, 0.15) is 11.6 Å². The SMILES string of the molecule is COc1ccc(CN(Cc2ccc(F)cc2)CC(O)COC(C)C)cc1. The molecule has 0 aliphatic heterocycles. The van der Waals surface area contributed by atoms with Gasteiger partial charge in [-0.05, 0) is 49.2 Å². The summed E-state index contributed by atoms with van der Waals surface area (Å²) in [7, 11) is 1.64. The van der Waals surface area contributed by atoms with Gasteiger partial charge in [0.15, 0.2) is 0 Å². The van der Waals surface area contributed by atoms with Crippen molar-refractivity contribution in [3.63, 3.8) is 0 Å². The first kappa shape index (κ1) is 20.4. The van der Waals surface area contributed by atoms with E-state index in [1.165, 1.54) is 12.1 Å². The minimum atomic E-state index is -0.587. The molecule has 0 fully saturated rings. The summed E-state index contributed by atoms with van der Waals surface area (Å²) in [5, 5.41) is 10.3. The molecule has 0 aromatic heterocycles. The quantitative estimate of drug-likeness (QED) is 0.702. The van der Waals surface area contributed by atoms with Gasteiger partial charge in [-0.25, -0.2) is 4.39 Å².